The third kappa shape index (κ3) is 3.79. The molecule has 1 amide bonds. The molecule has 0 atom stereocenters. The Morgan fingerprint density at radius 3 is 2.77 bits per heavy atom. The number of para-hydroxylation sites is 1. The third-order valence-electron chi connectivity index (χ3n) is 6.19. The minimum Gasteiger partial charge on any atom is -0.381 e. The maximum Gasteiger partial charge on any atom is 0.234 e. The maximum absolute atomic E-state index is 14.6. The van der Waals surface area contributed by atoms with Crippen molar-refractivity contribution >= 4 is 22.5 Å². The number of halogens is 1. The van der Waals surface area contributed by atoms with Crippen LogP contribution in [0.4, 0.5) is 10.1 Å². The summed E-state index contributed by atoms with van der Waals surface area (Å²) in [6, 6.07) is 13.7. The lowest BCUT2D eigenvalue weighted by molar-refractivity contribution is -0.124. The van der Waals surface area contributed by atoms with E-state index in [1.165, 1.54) is 37.3 Å². The van der Waals surface area contributed by atoms with E-state index in [2.05, 4.69) is 27.7 Å². The van der Waals surface area contributed by atoms with E-state index in [0.717, 1.165) is 29.7 Å². The molecule has 2 aromatic carbocycles. The number of hydrogen-bond acceptors (Lipinski definition) is 3. The minimum absolute atomic E-state index is 0.0809. The van der Waals surface area contributed by atoms with E-state index in [9.17, 15) is 9.18 Å². The molecule has 2 heterocycles. The minimum atomic E-state index is -0.231. The summed E-state index contributed by atoms with van der Waals surface area (Å²) in [6.07, 6.45) is 6.77. The lowest BCUT2D eigenvalue weighted by atomic mass is 10.1. The lowest BCUT2D eigenvalue weighted by Gasteiger charge is -2.27. The number of amides is 1. The number of piperazine rings is 1. The second-order valence-electron chi connectivity index (χ2n) is 8.40. The predicted molar refractivity (Wildman–Crippen MR) is 117 cm³/mol. The Morgan fingerprint density at radius 1 is 1.13 bits per heavy atom. The van der Waals surface area contributed by atoms with Crippen LogP contribution in [0.3, 0.4) is 0 Å². The number of nitrogens with one attached hydrogen (secondary N) is 2. The van der Waals surface area contributed by atoms with E-state index >= 15 is 0 Å². The number of fused-ring (bicyclic) bond motifs is 1. The molecule has 0 radical (unpaired) electrons. The average molecular weight is 407 g/mol. The average Bonchev–Trinajstić information content (AvgIpc) is 3.38. The molecule has 5 rings (SSSR count). The van der Waals surface area contributed by atoms with Gasteiger partial charge in [0.2, 0.25) is 5.91 Å². The molecule has 0 spiro atoms. The number of anilines is 1. The van der Waals surface area contributed by atoms with Gasteiger partial charge in [-0.15, -0.1) is 0 Å². The number of carbonyl (C=O) groups is 1. The molecule has 156 valence electrons. The summed E-state index contributed by atoms with van der Waals surface area (Å²) < 4.78 is 16.5. The number of hydrogen-bond donors (Lipinski definition) is 2. The number of benzene rings is 2. The van der Waals surface area contributed by atoms with Gasteiger partial charge in [0.15, 0.2) is 0 Å². The second kappa shape index (κ2) is 8.11. The fraction of sp³-hybridized carbons (Fsp3) is 0.375. The van der Waals surface area contributed by atoms with Gasteiger partial charge < -0.3 is 15.2 Å². The van der Waals surface area contributed by atoms with Crippen LogP contribution in [0.1, 0.15) is 31.2 Å². The molecule has 3 aromatic rings. The molecule has 2 fully saturated rings. The van der Waals surface area contributed by atoms with Gasteiger partial charge in [-0.2, -0.15) is 0 Å². The van der Waals surface area contributed by atoms with Crippen LogP contribution < -0.4 is 10.6 Å². The third-order valence-corrected chi connectivity index (χ3v) is 6.19. The van der Waals surface area contributed by atoms with E-state index in [1.807, 2.05) is 29.0 Å². The Bertz CT molecular complexity index is 1070. The van der Waals surface area contributed by atoms with Crippen LogP contribution in [-0.2, 0) is 11.3 Å². The standard InChI is InChI=1S/C24H27FN4O/c25-20-7-3-4-8-22(20)29-11-9-18-13-17(15-28-12-10-26-23(30)16-28)14-21(24(18)29)27-19-5-1-2-6-19/h3-4,7-9,11,13-14,19,27H,1-2,5-6,10,12,15-16H2,(H,26,30). The van der Waals surface area contributed by atoms with Crippen LogP contribution in [-0.4, -0.2) is 41.1 Å². The van der Waals surface area contributed by atoms with Gasteiger partial charge in [0.25, 0.3) is 0 Å². The van der Waals surface area contributed by atoms with Crippen molar-refractivity contribution in [2.75, 3.05) is 25.0 Å². The second-order valence-corrected chi connectivity index (χ2v) is 8.40. The molecule has 5 nitrogen and oxygen atoms in total. The molecule has 2 N–H and O–H groups in total. The van der Waals surface area contributed by atoms with Crippen LogP contribution in [0, 0.1) is 5.82 Å². The highest BCUT2D eigenvalue weighted by Crippen LogP contribution is 2.33. The Hall–Kier alpha value is -2.86. The van der Waals surface area contributed by atoms with Gasteiger partial charge in [0.05, 0.1) is 23.4 Å². The van der Waals surface area contributed by atoms with E-state index in [1.54, 1.807) is 6.07 Å². The zero-order chi connectivity index (χ0) is 20.5. The van der Waals surface area contributed by atoms with Crippen molar-refractivity contribution in [3.05, 3.63) is 60.0 Å². The summed E-state index contributed by atoms with van der Waals surface area (Å²) in [5, 5.41) is 7.71. The summed E-state index contributed by atoms with van der Waals surface area (Å²) in [4.78, 5) is 13.9. The van der Waals surface area contributed by atoms with Gasteiger partial charge in [-0.25, -0.2) is 4.39 Å². The lowest BCUT2D eigenvalue weighted by Crippen LogP contribution is -2.47. The number of carbonyl (C=O) groups excluding carboxylic acids is 1. The number of rotatable bonds is 5. The van der Waals surface area contributed by atoms with E-state index in [0.29, 0.717) is 24.8 Å². The molecule has 1 aliphatic heterocycles. The molecule has 6 heteroatoms. The molecule has 0 unspecified atom stereocenters. The van der Waals surface area contributed by atoms with Crippen LogP contribution in [0.2, 0.25) is 0 Å². The number of nitrogens with zero attached hydrogens (tertiary/aromatic N) is 2. The molecular formula is C24H27FN4O. The summed E-state index contributed by atoms with van der Waals surface area (Å²) in [6.45, 7) is 2.70. The highest BCUT2D eigenvalue weighted by atomic mass is 19.1. The van der Waals surface area contributed by atoms with Crippen molar-refractivity contribution in [2.24, 2.45) is 0 Å². The van der Waals surface area contributed by atoms with E-state index in [4.69, 9.17) is 0 Å². The van der Waals surface area contributed by atoms with Gasteiger partial charge in [-0.1, -0.05) is 25.0 Å². The Balaban J connectivity index is 1.55. The van der Waals surface area contributed by atoms with Crippen molar-refractivity contribution in [2.45, 2.75) is 38.3 Å². The van der Waals surface area contributed by atoms with Crippen molar-refractivity contribution in [3.8, 4) is 5.69 Å². The van der Waals surface area contributed by atoms with E-state index < -0.39 is 0 Å². The Kier molecular flexibility index (Phi) is 5.17. The van der Waals surface area contributed by atoms with Crippen molar-refractivity contribution < 1.29 is 9.18 Å². The fourth-order valence-corrected chi connectivity index (χ4v) is 4.77. The molecule has 0 bridgehead atoms. The van der Waals surface area contributed by atoms with Crippen molar-refractivity contribution in [3.63, 3.8) is 0 Å². The van der Waals surface area contributed by atoms with Gasteiger partial charge >= 0.3 is 0 Å². The summed E-state index contributed by atoms with van der Waals surface area (Å²) in [5.74, 6) is -0.150. The highest BCUT2D eigenvalue weighted by molar-refractivity contribution is 5.94. The zero-order valence-corrected chi connectivity index (χ0v) is 17.0. The first-order chi connectivity index (χ1) is 14.7. The van der Waals surface area contributed by atoms with Crippen LogP contribution in [0.5, 0.6) is 0 Å². The smallest absolute Gasteiger partial charge is 0.234 e. The summed E-state index contributed by atoms with van der Waals surface area (Å²) in [7, 11) is 0. The molecular weight excluding hydrogens is 379 g/mol. The SMILES string of the molecule is O=C1CN(Cc2cc(NC3CCCC3)c3c(ccn3-c3ccccc3F)c2)CCN1. The highest BCUT2D eigenvalue weighted by Gasteiger charge is 2.20. The summed E-state index contributed by atoms with van der Waals surface area (Å²) in [5.41, 5.74) is 3.78. The number of aromatic nitrogens is 1. The largest absolute Gasteiger partial charge is 0.381 e. The van der Waals surface area contributed by atoms with Crippen LogP contribution >= 0.6 is 0 Å². The molecule has 1 aliphatic carbocycles. The zero-order valence-electron chi connectivity index (χ0n) is 17.0. The molecule has 1 saturated carbocycles. The monoisotopic (exact) mass is 406 g/mol. The van der Waals surface area contributed by atoms with Crippen LogP contribution in [0.15, 0.2) is 48.7 Å². The molecule has 1 aromatic heterocycles. The summed E-state index contributed by atoms with van der Waals surface area (Å²) >= 11 is 0. The van der Waals surface area contributed by atoms with Gasteiger partial charge in [-0.3, -0.25) is 9.69 Å². The topological polar surface area (TPSA) is 49.3 Å². The van der Waals surface area contributed by atoms with Crippen molar-refractivity contribution in [1.82, 2.24) is 14.8 Å². The Morgan fingerprint density at radius 2 is 1.97 bits per heavy atom. The quantitative estimate of drug-likeness (QED) is 0.672. The van der Waals surface area contributed by atoms with Gasteiger partial charge in [0, 0.05) is 37.3 Å². The molecule has 30 heavy (non-hydrogen) atoms. The van der Waals surface area contributed by atoms with Crippen LogP contribution in [0.25, 0.3) is 16.6 Å². The van der Waals surface area contributed by atoms with E-state index in [-0.39, 0.29) is 11.7 Å². The fourth-order valence-electron chi connectivity index (χ4n) is 4.77. The molecule has 2 aliphatic rings. The Labute approximate surface area is 175 Å². The predicted octanol–water partition coefficient (Wildman–Crippen LogP) is 4.06. The normalized spacial score (nSPS) is 18.1. The molecule has 1 saturated heterocycles. The van der Waals surface area contributed by atoms with Gasteiger partial charge in [0.1, 0.15) is 5.82 Å². The van der Waals surface area contributed by atoms with Crippen molar-refractivity contribution in [1.29, 1.82) is 0 Å². The first-order valence-electron chi connectivity index (χ1n) is 10.8. The first-order valence-corrected chi connectivity index (χ1v) is 10.8. The maximum atomic E-state index is 14.6. The first kappa shape index (κ1) is 19.1. The van der Waals surface area contributed by atoms with Gasteiger partial charge in [-0.05, 0) is 48.7 Å².